The van der Waals surface area contributed by atoms with Crippen molar-refractivity contribution in [3.05, 3.63) is 82.3 Å². The van der Waals surface area contributed by atoms with Gasteiger partial charge >= 0.3 is 0 Å². The van der Waals surface area contributed by atoms with Gasteiger partial charge in [0.2, 0.25) is 0 Å². The van der Waals surface area contributed by atoms with Gasteiger partial charge in [-0.1, -0.05) is 60.2 Å². The molecule has 0 bridgehead atoms. The van der Waals surface area contributed by atoms with Gasteiger partial charge in [0.25, 0.3) is 5.56 Å². The van der Waals surface area contributed by atoms with Crippen LogP contribution in [-0.4, -0.2) is 14.6 Å². The number of nitrogens with zero attached hydrogens (tertiary/aromatic N) is 2. The lowest BCUT2D eigenvalue weighted by atomic mass is 10.0. The van der Waals surface area contributed by atoms with Crippen LogP contribution < -0.4 is 5.56 Å². The van der Waals surface area contributed by atoms with Gasteiger partial charge in [0.05, 0.1) is 5.69 Å². The van der Waals surface area contributed by atoms with Crippen LogP contribution >= 0.6 is 0 Å². The summed E-state index contributed by atoms with van der Waals surface area (Å²) in [6.07, 6.45) is 0. The third kappa shape index (κ3) is 2.33. The van der Waals surface area contributed by atoms with Gasteiger partial charge in [-0.15, -0.1) is 0 Å². The molecule has 1 N–H and O–H groups in total. The molecule has 2 aromatic carbocycles. The second-order valence-electron chi connectivity index (χ2n) is 5.98. The van der Waals surface area contributed by atoms with Crippen molar-refractivity contribution in [1.29, 1.82) is 0 Å². The van der Waals surface area contributed by atoms with Gasteiger partial charge in [0, 0.05) is 22.9 Å². The zero-order valence-corrected chi connectivity index (χ0v) is 13.6. The number of nitrogens with one attached hydrogen (secondary N) is 1. The highest BCUT2D eigenvalue weighted by atomic mass is 16.1. The molecule has 0 aliphatic rings. The second kappa shape index (κ2) is 5.49. The van der Waals surface area contributed by atoms with Crippen LogP contribution in [0, 0.1) is 13.8 Å². The van der Waals surface area contributed by atoms with E-state index >= 15 is 0 Å². The normalized spacial score (nSPS) is 11.1. The Morgan fingerprint density at radius 1 is 0.917 bits per heavy atom. The molecule has 4 aromatic rings. The fraction of sp³-hybridized carbons (Fsp3) is 0.100. The molecule has 0 saturated carbocycles. The molecule has 0 unspecified atom stereocenters. The number of hydrogen-bond donors (Lipinski definition) is 1. The van der Waals surface area contributed by atoms with E-state index in [1.54, 1.807) is 6.07 Å². The van der Waals surface area contributed by atoms with Crippen LogP contribution in [-0.2, 0) is 0 Å². The number of hydrogen-bond acceptors (Lipinski definition) is 2. The first kappa shape index (κ1) is 14.5. The Kier molecular flexibility index (Phi) is 3.31. The first-order valence-corrected chi connectivity index (χ1v) is 7.88. The van der Waals surface area contributed by atoms with E-state index in [9.17, 15) is 4.79 Å². The monoisotopic (exact) mass is 315 g/mol. The van der Waals surface area contributed by atoms with Crippen LogP contribution in [0.1, 0.15) is 11.3 Å². The van der Waals surface area contributed by atoms with Crippen molar-refractivity contribution in [2.75, 3.05) is 0 Å². The van der Waals surface area contributed by atoms with E-state index in [2.05, 4.69) is 36.3 Å². The van der Waals surface area contributed by atoms with Crippen LogP contribution in [0.4, 0.5) is 0 Å². The van der Waals surface area contributed by atoms with Gasteiger partial charge in [0.15, 0.2) is 5.65 Å². The van der Waals surface area contributed by atoms with E-state index < -0.39 is 0 Å². The van der Waals surface area contributed by atoms with Crippen LogP contribution in [0.15, 0.2) is 65.5 Å². The molecule has 0 radical (unpaired) electrons. The van der Waals surface area contributed by atoms with Crippen LogP contribution in [0.3, 0.4) is 0 Å². The Morgan fingerprint density at radius 2 is 1.62 bits per heavy atom. The molecule has 2 aromatic heterocycles. The van der Waals surface area contributed by atoms with Gasteiger partial charge < -0.3 is 0 Å². The fourth-order valence-electron chi connectivity index (χ4n) is 2.97. The number of aromatic amines is 1. The van der Waals surface area contributed by atoms with Gasteiger partial charge in [0.1, 0.15) is 0 Å². The Bertz CT molecular complexity index is 1070. The highest BCUT2D eigenvalue weighted by Gasteiger charge is 2.15. The summed E-state index contributed by atoms with van der Waals surface area (Å²) in [7, 11) is 0. The molecule has 4 heteroatoms. The summed E-state index contributed by atoms with van der Waals surface area (Å²) in [5, 5.41) is 3.13. The topological polar surface area (TPSA) is 50.2 Å². The van der Waals surface area contributed by atoms with E-state index in [4.69, 9.17) is 4.98 Å². The quantitative estimate of drug-likeness (QED) is 0.608. The molecule has 4 rings (SSSR count). The highest BCUT2D eigenvalue weighted by molar-refractivity contribution is 5.81. The number of rotatable bonds is 2. The molecule has 0 amide bonds. The van der Waals surface area contributed by atoms with Crippen molar-refractivity contribution < 1.29 is 0 Å². The Hall–Kier alpha value is -3.14. The molecule has 24 heavy (non-hydrogen) atoms. The first-order valence-electron chi connectivity index (χ1n) is 7.88. The molecular formula is C20H17N3O. The summed E-state index contributed by atoms with van der Waals surface area (Å²) in [6, 6.07) is 19.6. The molecular weight excluding hydrogens is 298 g/mol. The Balaban J connectivity index is 2.01. The lowest BCUT2D eigenvalue weighted by Gasteiger charge is -2.04. The summed E-state index contributed by atoms with van der Waals surface area (Å²) >= 11 is 0. The molecule has 0 spiro atoms. The molecule has 0 fully saturated rings. The summed E-state index contributed by atoms with van der Waals surface area (Å²) in [5.74, 6) is 0. The predicted molar refractivity (Wildman–Crippen MR) is 96.2 cm³/mol. The average Bonchev–Trinajstić information content (AvgIpc) is 2.93. The number of aryl methyl sites for hydroxylation is 2. The average molecular weight is 315 g/mol. The molecule has 2 heterocycles. The minimum Gasteiger partial charge on any atom is -0.293 e. The van der Waals surface area contributed by atoms with Crippen LogP contribution in [0.2, 0.25) is 0 Å². The largest absolute Gasteiger partial charge is 0.293 e. The van der Waals surface area contributed by atoms with E-state index in [-0.39, 0.29) is 5.56 Å². The standard InChI is InChI=1S/C20H17N3O/c1-13-8-10-16(11-9-13)19-14(2)22-23-18(24)12-17(21-20(19)23)15-6-4-3-5-7-15/h3-12,22H,1-2H3. The van der Waals surface area contributed by atoms with E-state index in [0.717, 1.165) is 22.4 Å². The third-order valence-corrected chi connectivity index (χ3v) is 4.21. The Morgan fingerprint density at radius 3 is 2.33 bits per heavy atom. The number of fused-ring (bicyclic) bond motifs is 1. The molecule has 4 nitrogen and oxygen atoms in total. The minimum absolute atomic E-state index is 0.111. The maximum Gasteiger partial charge on any atom is 0.273 e. The predicted octanol–water partition coefficient (Wildman–Crippen LogP) is 3.97. The van der Waals surface area contributed by atoms with Gasteiger partial charge in [-0.05, 0) is 19.4 Å². The second-order valence-corrected chi connectivity index (χ2v) is 5.98. The van der Waals surface area contributed by atoms with Crippen molar-refractivity contribution in [2.45, 2.75) is 13.8 Å². The number of aromatic nitrogens is 3. The van der Waals surface area contributed by atoms with Gasteiger partial charge in [-0.3, -0.25) is 9.89 Å². The maximum absolute atomic E-state index is 12.5. The summed E-state index contributed by atoms with van der Waals surface area (Å²) in [5.41, 5.74) is 6.31. The smallest absolute Gasteiger partial charge is 0.273 e. The van der Waals surface area contributed by atoms with Crippen molar-refractivity contribution >= 4 is 5.65 Å². The lowest BCUT2D eigenvalue weighted by Crippen LogP contribution is -2.14. The van der Waals surface area contributed by atoms with Crippen molar-refractivity contribution in [2.24, 2.45) is 0 Å². The van der Waals surface area contributed by atoms with Crippen molar-refractivity contribution in [1.82, 2.24) is 14.6 Å². The molecule has 0 aliphatic carbocycles. The molecule has 0 saturated heterocycles. The van der Waals surface area contributed by atoms with Gasteiger partial charge in [-0.25, -0.2) is 9.50 Å². The SMILES string of the molecule is Cc1ccc(-c2c(C)[nH]n3c(=O)cc(-c4ccccc4)nc23)cc1. The fourth-order valence-corrected chi connectivity index (χ4v) is 2.97. The van der Waals surface area contributed by atoms with E-state index in [1.807, 2.05) is 37.3 Å². The Labute approximate surface area is 139 Å². The first-order chi connectivity index (χ1) is 11.6. The van der Waals surface area contributed by atoms with Crippen molar-refractivity contribution in [3.63, 3.8) is 0 Å². The number of H-pyrrole nitrogens is 1. The van der Waals surface area contributed by atoms with E-state index in [0.29, 0.717) is 11.3 Å². The molecule has 0 atom stereocenters. The zero-order valence-electron chi connectivity index (χ0n) is 13.6. The van der Waals surface area contributed by atoms with Gasteiger partial charge in [-0.2, -0.15) is 0 Å². The minimum atomic E-state index is -0.111. The number of benzene rings is 2. The van der Waals surface area contributed by atoms with Crippen LogP contribution in [0.5, 0.6) is 0 Å². The zero-order chi connectivity index (χ0) is 16.7. The summed E-state index contributed by atoms with van der Waals surface area (Å²) in [6.45, 7) is 4.02. The maximum atomic E-state index is 12.5. The third-order valence-electron chi connectivity index (χ3n) is 4.21. The molecule has 118 valence electrons. The summed E-state index contributed by atoms with van der Waals surface area (Å²) in [4.78, 5) is 17.3. The van der Waals surface area contributed by atoms with Crippen LogP contribution in [0.25, 0.3) is 28.0 Å². The highest BCUT2D eigenvalue weighted by Crippen LogP contribution is 2.28. The lowest BCUT2D eigenvalue weighted by molar-refractivity contribution is 0.882. The van der Waals surface area contributed by atoms with Crippen molar-refractivity contribution in [3.8, 4) is 22.4 Å². The molecule has 0 aliphatic heterocycles. The van der Waals surface area contributed by atoms with E-state index in [1.165, 1.54) is 10.1 Å². The summed E-state index contributed by atoms with van der Waals surface area (Å²) < 4.78 is 1.51.